The van der Waals surface area contributed by atoms with Crippen LogP contribution >= 0.6 is 0 Å². The molecule has 4 aromatic rings. The Hall–Kier alpha value is -3.34. The highest BCUT2D eigenvalue weighted by Gasteiger charge is 2.06. The number of halogens is 1. The van der Waals surface area contributed by atoms with E-state index in [0.29, 0.717) is 22.7 Å². The van der Waals surface area contributed by atoms with Crippen LogP contribution in [0.1, 0.15) is 0 Å². The molecule has 116 valence electrons. The standard InChI is InChI=1S/C19H13FN4/c20-14-8-4-5-9-15(14)22-18-11-10-16-19(24-18)23-17(12-21-16)13-6-2-1-3-7-13/h1-12H,(H,22,23,24). The molecule has 4 rings (SSSR count). The van der Waals surface area contributed by atoms with Crippen LogP contribution in [0.3, 0.4) is 0 Å². The van der Waals surface area contributed by atoms with E-state index >= 15 is 0 Å². The Morgan fingerprint density at radius 3 is 2.42 bits per heavy atom. The van der Waals surface area contributed by atoms with Gasteiger partial charge in [0.2, 0.25) is 0 Å². The van der Waals surface area contributed by atoms with Crippen LogP contribution in [0, 0.1) is 5.82 Å². The maximum Gasteiger partial charge on any atom is 0.180 e. The number of hydrogen-bond acceptors (Lipinski definition) is 4. The molecule has 0 saturated heterocycles. The van der Waals surface area contributed by atoms with Gasteiger partial charge in [-0.15, -0.1) is 0 Å². The van der Waals surface area contributed by atoms with Crippen LogP contribution in [0.5, 0.6) is 0 Å². The van der Waals surface area contributed by atoms with Crippen molar-refractivity contribution in [1.82, 2.24) is 15.0 Å². The molecule has 0 spiro atoms. The molecule has 0 aliphatic carbocycles. The second-order valence-corrected chi connectivity index (χ2v) is 5.27. The first-order chi connectivity index (χ1) is 11.8. The summed E-state index contributed by atoms with van der Waals surface area (Å²) in [7, 11) is 0. The fraction of sp³-hybridized carbons (Fsp3) is 0. The van der Waals surface area contributed by atoms with Gasteiger partial charge in [-0.25, -0.2) is 14.4 Å². The van der Waals surface area contributed by atoms with E-state index < -0.39 is 0 Å². The van der Waals surface area contributed by atoms with Gasteiger partial charge < -0.3 is 5.32 Å². The molecule has 1 N–H and O–H groups in total. The second-order valence-electron chi connectivity index (χ2n) is 5.27. The van der Waals surface area contributed by atoms with Crippen molar-refractivity contribution in [3.8, 4) is 11.3 Å². The van der Waals surface area contributed by atoms with Crippen LogP contribution in [-0.4, -0.2) is 15.0 Å². The van der Waals surface area contributed by atoms with Crippen molar-refractivity contribution in [2.45, 2.75) is 0 Å². The smallest absolute Gasteiger partial charge is 0.180 e. The third-order valence-electron chi connectivity index (χ3n) is 3.61. The normalized spacial score (nSPS) is 10.7. The van der Waals surface area contributed by atoms with Crippen LogP contribution in [0.4, 0.5) is 15.9 Å². The summed E-state index contributed by atoms with van der Waals surface area (Å²) in [6, 6.07) is 19.8. The number of pyridine rings is 1. The summed E-state index contributed by atoms with van der Waals surface area (Å²) in [6.45, 7) is 0. The van der Waals surface area contributed by atoms with E-state index in [1.807, 2.05) is 36.4 Å². The minimum absolute atomic E-state index is 0.330. The average Bonchev–Trinajstić information content (AvgIpc) is 2.64. The number of hydrogen-bond donors (Lipinski definition) is 1. The molecule has 0 atom stereocenters. The number of nitrogens with one attached hydrogen (secondary N) is 1. The molecule has 2 aromatic heterocycles. The average molecular weight is 316 g/mol. The molecule has 2 aromatic carbocycles. The molecule has 0 aliphatic heterocycles. The molecular formula is C19H13FN4. The SMILES string of the molecule is Fc1ccccc1Nc1ccc2ncc(-c3ccccc3)nc2n1. The first kappa shape index (κ1) is 14.3. The van der Waals surface area contributed by atoms with Crippen molar-refractivity contribution in [3.05, 3.63) is 78.7 Å². The van der Waals surface area contributed by atoms with Gasteiger partial charge in [0, 0.05) is 5.56 Å². The van der Waals surface area contributed by atoms with Crippen molar-refractivity contribution < 1.29 is 4.39 Å². The number of aromatic nitrogens is 3. The minimum Gasteiger partial charge on any atom is -0.338 e. The molecule has 5 heteroatoms. The predicted octanol–water partition coefficient (Wildman–Crippen LogP) is 4.57. The summed E-state index contributed by atoms with van der Waals surface area (Å²) in [6.07, 6.45) is 1.73. The zero-order chi connectivity index (χ0) is 16.4. The zero-order valence-electron chi connectivity index (χ0n) is 12.6. The third-order valence-corrected chi connectivity index (χ3v) is 3.61. The quantitative estimate of drug-likeness (QED) is 0.601. The highest BCUT2D eigenvalue weighted by atomic mass is 19.1. The van der Waals surface area contributed by atoms with E-state index in [-0.39, 0.29) is 5.82 Å². The number of fused-ring (bicyclic) bond motifs is 1. The molecule has 0 saturated carbocycles. The Morgan fingerprint density at radius 2 is 1.58 bits per heavy atom. The van der Waals surface area contributed by atoms with Gasteiger partial charge >= 0.3 is 0 Å². The van der Waals surface area contributed by atoms with Crippen molar-refractivity contribution >= 4 is 22.7 Å². The van der Waals surface area contributed by atoms with Crippen molar-refractivity contribution in [2.24, 2.45) is 0 Å². The Labute approximate surface area is 138 Å². The van der Waals surface area contributed by atoms with E-state index in [4.69, 9.17) is 0 Å². The Bertz CT molecular complexity index is 1000. The molecule has 24 heavy (non-hydrogen) atoms. The number of benzene rings is 2. The Balaban J connectivity index is 1.73. The summed E-state index contributed by atoms with van der Waals surface area (Å²) in [5.41, 5.74) is 3.29. The summed E-state index contributed by atoms with van der Waals surface area (Å²) in [5, 5.41) is 2.97. The van der Waals surface area contributed by atoms with Crippen molar-refractivity contribution in [2.75, 3.05) is 5.32 Å². The van der Waals surface area contributed by atoms with Crippen LogP contribution < -0.4 is 5.32 Å². The lowest BCUT2D eigenvalue weighted by Crippen LogP contribution is -1.98. The van der Waals surface area contributed by atoms with E-state index in [0.717, 1.165) is 11.3 Å². The fourth-order valence-corrected chi connectivity index (χ4v) is 2.42. The van der Waals surface area contributed by atoms with Crippen LogP contribution in [0.25, 0.3) is 22.4 Å². The van der Waals surface area contributed by atoms with Crippen molar-refractivity contribution in [3.63, 3.8) is 0 Å². The summed E-state index contributed by atoms with van der Waals surface area (Å²) in [4.78, 5) is 13.4. The summed E-state index contributed by atoms with van der Waals surface area (Å²) < 4.78 is 13.8. The largest absolute Gasteiger partial charge is 0.338 e. The van der Waals surface area contributed by atoms with E-state index in [1.54, 1.807) is 30.5 Å². The summed E-state index contributed by atoms with van der Waals surface area (Å²) in [5.74, 6) is 0.190. The molecule has 0 amide bonds. The van der Waals surface area contributed by atoms with Gasteiger partial charge in [-0.05, 0) is 24.3 Å². The van der Waals surface area contributed by atoms with Crippen LogP contribution in [-0.2, 0) is 0 Å². The van der Waals surface area contributed by atoms with Crippen LogP contribution in [0.2, 0.25) is 0 Å². The first-order valence-corrected chi connectivity index (χ1v) is 7.50. The van der Waals surface area contributed by atoms with Crippen LogP contribution in [0.15, 0.2) is 72.9 Å². The number of nitrogens with zero attached hydrogens (tertiary/aromatic N) is 3. The van der Waals surface area contributed by atoms with Gasteiger partial charge in [0.15, 0.2) is 5.65 Å². The van der Waals surface area contributed by atoms with Crippen molar-refractivity contribution in [1.29, 1.82) is 0 Å². The van der Waals surface area contributed by atoms with Gasteiger partial charge in [-0.2, -0.15) is 0 Å². The van der Waals surface area contributed by atoms with Gasteiger partial charge in [0.25, 0.3) is 0 Å². The third kappa shape index (κ3) is 2.79. The number of anilines is 2. The van der Waals surface area contributed by atoms with Gasteiger partial charge in [0.05, 0.1) is 17.6 Å². The molecular weight excluding hydrogens is 303 g/mol. The lowest BCUT2D eigenvalue weighted by molar-refractivity contribution is 0.632. The molecule has 0 aliphatic rings. The highest BCUT2D eigenvalue weighted by molar-refractivity contribution is 5.76. The maximum atomic E-state index is 13.8. The molecule has 0 bridgehead atoms. The predicted molar refractivity (Wildman–Crippen MR) is 92.5 cm³/mol. The highest BCUT2D eigenvalue weighted by Crippen LogP contribution is 2.21. The number of rotatable bonds is 3. The minimum atomic E-state index is -0.330. The maximum absolute atomic E-state index is 13.8. The van der Waals surface area contributed by atoms with E-state index in [2.05, 4.69) is 20.3 Å². The Morgan fingerprint density at radius 1 is 0.792 bits per heavy atom. The van der Waals surface area contributed by atoms with Gasteiger partial charge in [-0.3, -0.25) is 4.98 Å². The van der Waals surface area contributed by atoms with E-state index in [1.165, 1.54) is 6.07 Å². The lowest BCUT2D eigenvalue weighted by atomic mass is 10.2. The fourth-order valence-electron chi connectivity index (χ4n) is 2.42. The summed E-state index contributed by atoms with van der Waals surface area (Å²) >= 11 is 0. The molecule has 0 fully saturated rings. The van der Waals surface area contributed by atoms with Gasteiger partial charge in [0.1, 0.15) is 17.2 Å². The lowest BCUT2D eigenvalue weighted by Gasteiger charge is -2.07. The molecule has 2 heterocycles. The van der Waals surface area contributed by atoms with Gasteiger partial charge in [-0.1, -0.05) is 42.5 Å². The number of para-hydroxylation sites is 1. The first-order valence-electron chi connectivity index (χ1n) is 7.50. The zero-order valence-corrected chi connectivity index (χ0v) is 12.6. The Kier molecular flexibility index (Phi) is 3.59. The topological polar surface area (TPSA) is 50.7 Å². The monoisotopic (exact) mass is 316 g/mol. The molecule has 4 nitrogen and oxygen atoms in total. The molecule has 0 radical (unpaired) electrons. The van der Waals surface area contributed by atoms with E-state index in [9.17, 15) is 4.39 Å². The second kappa shape index (κ2) is 6.04. The molecule has 0 unspecified atom stereocenters.